The van der Waals surface area contributed by atoms with E-state index in [9.17, 15) is 22.8 Å². The number of carbonyl (C=O) groups is 2. The first-order valence-corrected chi connectivity index (χ1v) is 13.7. The third-order valence-corrected chi connectivity index (χ3v) is 9.48. The Hall–Kier alpha value is -1.14. The number of rotatable bonds is 4. The molecule has 5 aliphatic rings. The van der Waals surface area contributed by atoms with Crippen LogP contribution >= 0.6 is 11.6 Å². The van der Waals surface area contributed by atoms with E-state index in [1.165, 1.54) is 11.9 Å². The second-order valence-electron chi connectivity index (χ2n) is 11.4. The number of carbonyl (C=O) groups excluding carboxylic acids is 2. The molecule has 36 heavy (non-hydrogen) atoms. The Balaban J connectivity index is 1.23. The molecule has 6 atom stereocenters. The summed E-state index contributed by atoms with van der Waals surface area (Å²) < 4.78 is 42.8. The van der Waals surface area contributed by atoms with Gasteiger partial charge in [0, 0.05) is 58.2 Å². The van der Waals surface area contributed by atoms with E-state index >= 15 is 0 Å². The molecular formula is C24H38ClF3N6O2. The van der Waals surface area contributed by atoms with E-state index in [-0.39, 0.29) is 36.6 Å². The quantitative estimate of drug-likeness (QED) is 0.424. The number of piperidine rings is 1. The number of halogens is 4. The molecule has 0 bridgehead atoms. The zero-order chi connectivity index (χ0) is 25.8. The summed E-state index contributed by atoms with van der Waals surface area (Å²) in [6, 6.07) is -0.901. The van der Waals surface area contributed by atoms with Crippen LogP contribution in [0, 0.1) is 11.8 Å². The molecule has 2 N–H and O–H groups in total. The molecule has 1 saturated carbocycles. The highest BCUT2D eigenvalue weighted by Crippen LogP contribution is 2.41. The van der Waals surface area contributed by atoms with Crippen molar-refractivity contribution >= 4 is 23.4 Å². The SMILES string of the molecule is CN1C[C@@H](C(=O)N(C)[C@@H](C2CCC(N3CCCC4C3CNC3CC(Cl)NN34)CC2)C(F)(F)F)CC1=O. The van der Waals surface area contributed by atoms with Gasteiger partial charge in [-0.1, -0.05) is 0 Å². The minimum Gasteiger partial charge on any atom is -0.345 e. The molecule has 5 rings (SSSR count). The minimum atomic E-state index is -4.51. The van der Waals surface area contributed by atoms with Crippen LogP contribution in [0.5, 0.6) is 0 Å². The molecular weight excluding hydrogens is 497 g/mol. The van der Waals surface area contributed by atoms with Crippen LogP contribution in [0.15, 0.2) is 0 Å². The summed E-state index contributed by atoms with van der Waals surface area (Å²) in [6.07, 6.45) is 0.991. The average Bonchev–Trinajstić information content (AvgIpc) is 3.38. The summed E-state index contributed by atoms with van der Waals surface area (Å²) in [4.78, 5) is 29.7. The van der Waals surface area contributed by atoms with Crippen LogP contribution in [0.1, 0.15) is 51.4 Å². The molecule has 0 spiro atoms. The second-order valence-corrected chi connectivity index (χ2v) is 11.9. The normalized spacial score (nSPS) is 39.1. The number of nitrogens with zero attached hydrogens (tertiary/aromatic N) is 4. The summed E-state index contributed by atoms with van der Waals surface area (Å²) in [5.74, 6) is -2.10. The molecule has 4 heterocycles. The zero-order valence-corrected chi connectivity index (χ0v) is 21.8. The van der Waals surface area contributed by atoms with Gasteiger partial charge in [-0.2, -0.15) is 13.2 Å². The molecule has 0 aromatic rings. The predicted molar refractivity (Wildman–Crippen MR) is 129 cm³/mol. The third-order valence-electron chi connectivity index (χ3n) is 9.21. The van der Waals surface area contributed by atoms with Crippen molar-refractivity contribution in [2.75, 3.05) is 33.7 Å². The van der Waals surface area contributed by atoms with Gasteiger partial charge in [0.25, 0.3) is 0 Å². The number of likely N-dealkylation sites (tertiary alicyclic amines) is 2. The third kappa shape index (κ3) is 4.98. The Morgan fingerprint density at radius 3 is 2.53 bits per heavy atom. The lowest BCUT2D eigenvalue weighted by molar-refractivity contribution is -0.203. The van der Waals surface area contributed by atoms with Crippen LogP contribution < -0.4 is 10.7 Å². The first kappa shape index (κ1) is 26.5. The summed E-state index contributed by atoms with van der Waals surface area (Å²) in [5.41, 5.74) is 3.32. The summed E-state index contributed by atoms with van der Waals surface area (Å²) in [6.45, 7) is 2.02. The number of amides is 2. The molecule has 2 amide bonds. The predicted octanol–water partition coefficient (Wildman–Crippen LogP) is 1.95. The van der Waals surface area contributed by atoms with Gasteiger partial charge < -0.3 is 9.80 Å². The van der Waals surface area contributed by atoms with Gasteiger partial charge in [-0.05, 0) is 51.0 Å². The van der Waals surface area contributed by atoms with E-state index in [1.54, 1.807) is 7.05 Å². The van der Waals surface area contributed by atoms with Crippen molar-refractivity contribution in [3.8, 4) is 0 Å². The van der Waals surface area contributed by atoms with Crippen molar-refractivity contribution < 1.29 is 22.8 Å². The number of fused-ring (bicyclic) bond motifs is 3. The number of alkyl halides is 4. The lowest BCUT2D eigenvalue weighted by Gasteiger charge is -2.53. The largest absolute Gasteiger partial charge is 0.409 e. The fourth-order valence-corrected chi connectivity index (χ4v) is 7.76. The molecule has 204 valence electrons. The monoisotopic (exact) mass is 534 g/mol. The van der Waals surface area contributed by atoms with Gasteiger partial charge in [0.2, 0.25) is 11.8 Å². The maximum Gasteiger partial charge on any atom is 0.409 e. The van der Waals surface area contributed by atoms with E-state index in [0.717, 1.165) is 37.3 Å². The Morgan fingerprint density at radius 2 is 1.89 bits per heavy atom. The molecule has 4 saturated heterocycles. The molecule has 8 nitrogen and oxygen atoms in total. The molecule has 4 aliphatic heterocycles. The maximum atomic E-state index is 14.3. The van der Waals surface area contributed by atoms with Crippen LogP contribution in [0.3, 0.4) is 0 Å². The van der Waals surface area contributed by atoms with Gasteiger partial charge in [-0.3, -0.25) is 19.8 Å². The van der Waals surface area contributed by atoms with Gasteiger partial charge in [0.15, 0.2) is 0 Å². The summed E-state index contributed by atoms with van der Waals surface area (Å²) in [5, 5.41) is 5.88. The van der Waals surface area contributed by atoms with E-state index < -0.39 is 30.0 Å². The van der Waals surface area contributed by atoms with Crippen LogP contribution in [0.4, 0.5) is 13.2 Å². The summed E-state index contributed by atoms with van der Waals surface area (Å²) in [7, 11) is 2.85. The van der Waals surface area contributed by atoms with Gasteiger partial charge in [0.05, 0.1) is 17.6 Å². The molecule has 0 radical (unpaired) electrons. The lowest BCUT2D eigenvalue weighted by Crippen LogP contribution is -2.70. The van der Waals surface area contributed by atoms with Crippen molar-refractivity contribution in [3.63, 3.8) is 0 Å². The van der Waals surface area contributed by atoms with E-state index in [0.29, 0.717) is 37.8 Å². The second kappa shape index (κ2) is 10.2. The van der Waals surface area contributed by atoms with Crippen molar-refractivity contribution in [3.05, 3.63) is 0 Å². The van der Waals surface area contributed by atoms with Gasteiger partial charge in [-0.15, -0.1) is 11.6 Å². The first-order chi connectivity index (χ1) is 17.0. The van der Waals surface area contributed by atoms with Crippen LogP contribution in [-0.4, -0.2) is 107 Å². The Kier molecular flexibility index (Phi) is 7.50. The van der Waals surface area contributed by atoms with Gasteiger partial charge in [-0.25, -0.2) is 10.4 Å². The van der Waals surface area contributed by atoms with Crippen molar-refractivity contribution in [1.82, 2.24) is 30.5 Å². The van der Waals surface area contributed by atoms with Crippen molar-refractivity contribution in [1.29, 1.82) is 0 Å². The highest BCUT2D eigenvalue weighted by molar-refractivity contribution is 6.20. The topological polar surface area (TPSA) is 71.2 Å². The van der Waals surface area contributed by atoms with Crippen LogP contribution in [0.25, 0.3) is 0 Å². The molecule has 5 fully saturated rings. The van der Waals surface area contributed by atoms with Gasteiger partial charge in [0.1, 0.15) is 6.04 Å². The first-order valence-electron chi connectivity index (χ1n) is 13.3. The average molecular weight is 535 g/mol. The Labute approximate surface area is 215 Å². The minimum absolute atomic E-state index is 0.0141. The van der Waals surface area contributed by atoms with E-state index in [2.05, 4.69) is 20.7 Å². The number of hydrogen-bond donors (Lipinski definition) is 2. The molecule has 12 heteroatoms. The number of nitrogens with one attached hydrogen (secondary N) is 2. The van der Waals surface area contributed by atoms with E-state index in [4.69, 9.17) is 11.6 Å². The molecule has 0 aromatic carbocycles. The standard InChI is InChI=1S/C24H38ClF3N6O2/c1-31-13-15(10-21(31)35)23(36)32(2)22(24(26,27)28)14-5-7-16(8-6-14)33-9-3-4-17-18(33)12-29-20-11-19(25)30-34(17)20/h14-20,22,29-30H,3-13H2,1-2H3/t14?,15-,16?,17?,18?,19?,20?,22-/m0/s1. The zero-order valence-electron chi connectivity index (χ0n) is 21.0. The highest BCUT2D eigenvalue weighted by atomic mass is 35.5. The smallest absolute Gasteiger partial charge is 0.345 e. The van der Waals surface area contributed by atoms with Crippen LogP contribution in [0.2, 0.25) is 0 Å². The highest BCUT2D eigenvalue weighted by Gasteiger charge is 2.52. The Morgan fingerprint density at radius 1 is 1.17 bits per heavy atom. The number of hydrazine groups is 1. The lowest BCUT2D eigenvalue weighted by atomic mass is 9.78. The molecule has 4 unspecified atom stereocenters. The fourth-order valence-electron chi connectivity index (χ4n) is 7.48. The van der Waals surface area contributed by atoms with Crippen LogP contribution in [-0.2, 0) is 9.59 Å². The molecule has 0 aromatic heterocycles. The Bertz CT molecular complexity index is 841. The van der Waals surface area contributed by atoms with Crippen molar-refractivity contribution in [2.24, 2.45) is 11.8 Å². The number of hydrogen-bond acceptors (Lipinski definition) is 6. The molecule has 1 aliphatic carbocycles. The summed E-state index contributed by atoms with van der Waals surface area (Å²) >= 11 is 6.34. The van der Waals surface area contributed by atoms with Gasteiger partial charge >= 0.3 is 6.18 Å². The van der Waals surface area contributed by atoms with Crippen molar-refractivity contribution in [2.45, 2.75) is 93.4 Å². The maximum absolute atomic E-state index is 14.3. The fraction of sp³-hybridized carbons (Fsp3) is 0.917. The van der Waals surface area contributed by atoms with E-state index in [1.807, 2.05) is 0 Å².